The Morgan fingerprint density at radius 3 is 2.69 bits per heavy atom. The molecular formula is C23H20FN3OS. The number of thiazole rings is 1. The summed E-state index contributed by atoms with van der Waals surface area (Å²) in [5, 5.41) is 0.559. The van der Waals surface area contributed by atoms with Crippen LogP contribution in [0.15, 0.2) is 60.9 Å². The highest BCUT2D eigenvalue weighted by Crippen LogP contribution is 2.31. The van der Waals surface area contributed by atoms with Crippen LogP contribution in [0.25, 0.3) is 10.2 Å². The van der Waals surface area contributed by atoms with E-state index in [4.69, 9.17) is 0 Å². The minimum absolute atomic E-state index is 0.0587. The van der Waals surface area contributed by atoms with E-state index in [0.29, 0.717) is 17.2 Å². The van der Waals surface area contributed by atoms with E-state index < -0.39 is 0 Å². The second-order valence-electron chi connectivity index (χ2n) is 7.05. The van der Waals surface area contributed by atoms with E-state index in [1.54, 1.807) is 23.4 Å². The highest BCUT2D eigenvalue weighted by atomic mass is 32.1. The Morgan fingerprint density at radius 1 is 1.07 bits per heavy atom. The van der Waals surface area contributed by atoms with Crippen LogP contribution in [0.2, 0.25) is 0 Å². The van der Waals surface area contributed by atoms with Gasteiger partial charge in [0.15, 0.2) is 5.13 Å². The third-order valence-electron chi connectivity index (χ3n) is 4.86. The number of carbonyl (C=O) groups excluding carboxylic acids is 1. The Hall–Kier alpha value is -3.12. The Labute approximate surface area is 172 Å². The second kappa shape index (κ2) is 8.09. The van der Waals surface area contributed by atoms with Gasteiger partial charge in [-0.1, -0.05) is 35.6 Å². The van der Waals surface area contributed by atoms with Gasteiger partial charge in [0.25, 0.3) is 0 Å². The second-order valence-corrected chi connectivity index (χ2v) is 8.05. The van der Waals surface area contributed by atoms with Crippen LogP contribution in [0, 0.1) is 19.7 Å². The number of aryl methyl sites for hydroxylation is 2. The molecule has 0 aliphatic rings. The molecule has 0 unspecified atom stereocenters. The van der Waals surface area contributed by atoms with Crippen LogP contribution in [0.3, 0.4) is 0 Å². The van der Waals surface area contributed by atoms with Crippen LogP contribution in [0.4, 0.5) is 9.52 Å². The van der Waals surface area contributed by atoms with Crippen molar-refractivity contribution >= 4 is 32.6 Å². The first-order chi connectivity index (χ1) is 14.0. The van der Waals surface area contributed by atoms with E-state index >= 15 is 0 Å². The molecule has 0 saturated heterocycles. The standard InChI is InChI=1S/C23H20FN3OS/c1-15-5-6-17(10-16(15)2)11-22(28)27(14-18-4-3-9-25-13-18)23-26-20-8-7-19(24)12-21(20)29-23/h3-10,12-13H,11,14H2,1-2H3. The molecule has 6 heteroatoms. The summed E-state index contributed by atoms with van der Waals surface area (Å²) in [7, 11) is 0. The number of rotatable bonds is 5. The number of carbonyl (C=O) groups is 1. The molecule has 146 valence electrons. The fourth-order valence-electron chi connectivity index (χ4n) is 3.12. The first-order valence-corrected chi connectivity index (χ1v) is 10.1. The zero-order valence-corrected chi connectivity index (χ0v) is 17.0. The SMILES string of the molecule is Cc1ccc(CC(=O)N(Cc2cccnc2)c2nc3ccc(F)cc3s2)cc1C. The molecule has 0 N–H and O–H groups in total. The summed E-state index contributed by atoms with van der Waals surface area (Å²) < 4.78 is 14.3. The highest BCUT2D eigenvalue weighted by Gasteiger charge is 2.21. The smallest absolute Gasteiger partial charge is 0.233 e. The van der Waals surface area contributed by atoms with Gasteiger partial charge in [0, 0.05) is 12.4 Å². The van der Waals surface area contributed by atoms with Crippen LogP contribution in [-0.4, -0.2) is 15.9 Å². The molecule has 2 heterocycles. The van der Waals surface area contributed by atoms with E-state index in [1.807, 2.05) is 37.3 Å². The van der Waals surface area contributed by atoms with Crippen molar-refractivity contribution in [1.82, 2.24) is 9.97 Å². The van der Waals surface area contributed by atoms with Gasteiger partial charge in [-0.25, -0.2) is 9.37 Å². The van der Waals surface area contributed by atoms with Crippen molar-refractivity contribution in [1.29, 1.82) is 0 Å². The molecule has 0 aliphatic carbocycles. The minimum atomic E-state index is -0.312. The highest BCUT2D eigenvalue weighted by molar-refractivity contribution is 7.22. The molecule has 4 rings (SSSR count). The number of anilines is 1. The number of amides is 1. The lowest BCUT2D eigenvalue weighted by molar-refractivity contribution is -0.118. The number of hydrogen-bond acceptors (Lipinski definition) is 4. The lowest BCUT2D eigenvalue weighted by Crippen LogP contribution is -2.31. The summed E-state index contributed by atoms with van der Waals surface area (Å²) in [6.07, 6.45) is 3.71. The molecule has 4 nitrogen and oxygen atoms in total. The summed E-state index contributed by atoms with van der Waals surface area (Å²) in [6.45, 7) is 4.45. The average Bonchev–Trinajstić information content (AvgIpc) is 3.12. The maximum absolute atomic E-state index is 13.6. The lowest BCUT2D eigenvalue weighted by Gasteiger charge is -2.20. The molecule has 0 fully saturated rings. The third kappa shape index (κ3) is 4.32. The lowest BCUT2D eigenvalue weighted by atomic mass is 10.0. The van der Waals surface area contributed by atoms with Crippen molar-refractivity contribution in [2.45, 2.75) is 26.8 Å². The molecule has 4 aromatic rings. The predicted molar refractivity (Wildman–Crippen MR) is 115 cm³/mol. The largest absolute Gasteiger partial charge is 0.283 e. The molecular weight excluding hydrogens is 385 g/mol. The van der Waals surface area contributed by atoms with E-state index in [0.717, 1.165) is 21.4 Å². The van der Waals surface area contributed by atoms with Crippen LogP contribution in [0.5, 0.6) is 0 Å². The molecule has 0 atom stereocenters. The molecule has 0 radical (unpaired) electrons. The normalized spacial score (nSPS) is 11.0. The number of benzene rings is 2. The van der Waals surface area contributed by atoms with Gasteiger partial charge in [-0.3, -0.25) is 14.7 Å². The number of aromatic nitrogens is 2. The van der Waals surface area contributed by atoms with Crippen molar-refractivity contribution in [2.75, 3.05) is 4.90 Å². The average molecular weight is 405 g/mol. The van der Waals surface area contributed by atoms with E-state index in [9.17, 15) is 9.18 Å². The Bertz CT molecular complexity index is 1170. The summed E-state index contributed by atoms with van der Waals surface area (Å²) in [5.41, 5.74) is 4.90. The number of halogens is 1. The van der Waals surface area contributed by atoms with Crippen LogP contribution in [0.1, 0.15) is 22.3 Å². The quantitative estimate of drug-likeness (QED) is 0.457. The number of hydrogen-bond donors (Lipinski definition) is 0. The van der Waals surface area contributed by atoms with E-state index in [-0.39, 0.29) is 18.1 Å². The zero-order chi connectivity index (χ0) is 20.4. The molecule has 2 aromatic heterocycles. The fraction of sp³-hybridized carbons (Fsp3) is 0.174. The van der Waals surface area contributed by atoms with Crippen molar-refractivity contribution in [3.63, 3.8) is 0 Å². The Kier molecular flexibility index (Phi) is 5.36. The molecule has 0 bridgehead atoms. The summed E-state index contributed by atoms with van der Waals surface area (Å²) >= 11 is 1.32. The van der Waals surface area contributed by atoms with Crippen LogP contribution >= 0.6 is 11.3 Å². The van der Waals surface area contributed by atoms with Gasteiger partial charge in [-0.15, -0.1) is 0 Å². The third-order valence-corrected chi connectivity index (χ3v) is 5.90. The van der Waals surface area contributed by atoms with Crippen LogP contribution in [-0.2, 0) is 17.8 Å². The molecule has 0 spiro atoms. The van der Waals surface area contributed by atoms with E-state index in [1.165, 1.54) is 29.0 Å². The first-order valence-electron chi connectivity index (χ1n) is 9.31. The summed E-state index contributed by atoms with van der Waals surface area (Å²) in [5.74, 6) is -0.371. The summed E-state index contributed by atoms with van der Waals surface area (Å²) in [6, 6.07) is 14.3. The first kappa shape index (κ1) is 19.2. The maximum Gasteiger partial charge on any atom is 0.233 e. The number of pyridine rings is 1. The van der Waals surface area contributed by atoms with Gasteiger partial charge < -0.3 is 0 Å². The van der Waals surface area contributed by atoms with E-state index in [2.05, 4.69) is 16.9 Å². The Morgan fingerprint density at radius 2 is 1.93 bits per heavy atom. The summed E-state index contributed by atoms with van der Waals surface area (Å²) in [4.78, 5) is 23.6. The van der Waals surface area contributed by atoms with Gasteiger partial charge in [-0.05, 0) is 60.4 Å². The number of fused-ring (bicyclic) bond motifs is 1. The topological polar surface area (TPSA) is 46.1 Å². The maximum atomic E-state index is 13.6. The molecule has 0 saturated carbocycles. The van der Waals surface area contributed by atoms with Crippen LogP contribution < -0.4 is 4.90 Å². The van der Waals surface area contributed by atoms with Gasteiger partial charge in [-0.2, -0.15) is 0 Å². The predicted octanol–water partition coefficient (Wildman–Crippen LogP) is 5.22. The zero-order valence-electron chi connectivity index (χ0n) is 16.2. The van der Waals surface area contributed by atoms with Gasteiger partial charge in [0.2, 0.25) is 5.91 Å². The molecule has 0 aliphatic heterocycles. The van der Waals surface area contributed by atoms with Gasteiger partial charge >= 0.3 is 0 Å². The Balaban J connectivity index is 1.68. The molecule has 2 aromatic carbocycles. The van der Waals surface area contributed by atoms with Crippen molar-refractivity contribution in [2.24, 2.45) is 0 Å². The monoisotopic (exact) mass is 405 g/mol. The van der Waals surface area contributed by atoms with Crippen molar-refractivity contribution in [3.05, 3.63) is 89.0 Å². The fourth-order valence-corrected chi connectivity index (χ4v) is 4.13. The molecule has 1 amide bonds. The van der Waals surface area contributed by atoms with Crippen molar-refractivity contribution < 1.29 is 9.18 Å². The minimum Gasteiger partial charge on any atom is -0.283 e. The molecule has 29 heavy (non-hydrogen) atoms. The van der Waals surface area contributed by atoms with Gasteiger partial charge in [0.05, 0.1) is 23.2 Å². The van der Waals surface area contributed by atoms with Crippen molar-refractivity contribution in [3.8, 4) is 0 Å². The van der Waals surface area contributed by atoms with Gasteiger partial charge in [0.1, 0.15) is 5.82 Å². The number of nitrogens with zero attached hydrogens (tertiary/aromatic N) is 3.